The van der Waals surface area contributed by atoms with Crippen LogP contribution in [0.2, 0.25) is 0 Å². The normalized spacial score (nSPS) is 21.8. The van der Waals surface area contributed by atoms with Gasteiger partial charge in [0.15, 0.2) is 0 Å². The molecule has 0 radical (unpaired) electrons. The molecular formula is C10H17N3O2. The van der Waals surface area contributed by atoms with Crippen molar-refractivity contribution in [3.63, 3.8) is 0 Å². The van der Waals surface area contributed by atoms with Gasteiger partial charge in [-0.25, -0.2) is 0 Å². The molecule has 5 nitrogen and oxygen atoms in total. The second-order valence-corrected chi connectivity index (χ2v) is 3.72. The molecule has 0 saturated carbocycles. The number of nitrogens with one attached hydrogen (secondary N) is 1. The second kappa shape index (κ2) is 5.25. The third-order valence-electron chi connectivity index (χ3n) is 2.42. The molecule has 1 aromatic heterocycles. The lowest BCUT2D eigenvalue weighted by molar-refractivity contribution is -0.137. The highest BCUT2D eigenvalue weighted by Gasteiger charge is 2.13. The molecule has 0 aromatic carbocycles. The smallest absolute Gasteiger partial charge is 0.147 e. The Morgan fingerprint density at radius 1 is 1.67 bits per heavy atom. The Morgan fingerprint density at radius 3 is 3.27 bits per heavy atom. The highest BCUT2D eigenvalue weighted by Crippen LogP contribution is 2.04. The van der Waals surface area contributed by atoms with Crippen LogP contribution in [0.4, 0.5) is 0 Å². The van der Waals surface area contributed by atoms with Gasteiger partial charge in [-0.05, 0) is 12.5 Å². The van der Waals surface area contributed by atoms with E-state index < -0.39 is 0 Å². The Balaban J connectivity index is 1.65. The fourth-order valence-electron chi connectivity index (χ4n) is 1.58. The molecule has 1 aromatic rings. The minimum absolute atomic E-state index is 0.280. The predicted octanol–water partition coefficient (Wildman–Crippen LogP) is 0.273. The van der Waals surface area contributed by atoms with E-state index in [1.165, 1.54) is 0 Å². The van der Waals surface area contributed by atoms with Crippen LogP contribution in [-0.4, -0.2) is 35.8 Å². The lowest BCUT2D eigenvalue weighted by Crippen LogP contribution is -2.33. The van der Waals surface area contributed by atoms with Gasteiger partial charge >= 0.3 is 0 Å². The average molecular weight is 211 g/mol. The summed E-state index contributed by atoms with van der Waals surface area (Å²) >= 11 is 0. The average Bonchev–Trinajstić information content (AvgIpc) is 2.66. The fraction of sp³-hybridized carbons (Fsp3) is 0.700. The molecule has 0 aliphatic carbocycles. The predicted molar refractivity (Wildman–Crippen MR) is 55.2 cm³/mol. The molecule has 84 valence electrons. The first-order valence-corrected chi connectivity index (χ1v) is 5.23. The summed E-state index contributed by atoms with van der Waals surface area (Å²) in [7, 11) is 1.92. The van der Waals surface area contributed by atoms with Crippen LogP contribution in [-0.2, 0) is 23.1 Å². The minimum Gasteiger partial charge on any atom is -0.355 e. The van der Waals surface area contributed by atoms with Crippen molar-refractivity contribution in [2.24, 2.45) is 7.05 Å². The summed E-state index contributed by atoms with van der Waals surface area (Å²) in [5.74, 6) is 0. The molecule has 0 bridgehead atoms. The number of rotatable bonds is 4. The first kappa shape index (κ1) is 10.6. The third-order valence-corrected chi connectivity index (χ3v) is 2.42. The topological polar surface area (TPSA) is 48.3 Å². The second-order valence-electron chi connectivity index (χ2n) is 3.72. The van der Waals surface area contributed by atoms with Crippen molar-refractivity contribution in [2.75, 3.05) is 19.9 Å². The quantitative estimate of drug-likeness (QED) is 0.776. The van der Waals surface area contributed by atoms with Gasteiger partial charge in [0.1, 0.15) is 6.79 Å². The van der Waals surface area contributed by atoms with Gasteiger partial charge in [-0.1, -0.05) is 0 Å². The summed E-state index contributed by atoms with van der Waals surface area (Å²) in [5, 5.41) is 7.61. The summed E-state index contributed by atoms with van der Waals surface area (Å²) in [5.41, 5.74) is 1.06. The Labute approximate surface area is 89.4 Å². The van der Waals surface area contributed by atoms with Crippen LogP contribution in [0.25, 0.3) is 0 Å². The Kier molecular flexibility index (Phi) is 3.71. The molecule has 1 fully saturated rings. The Hall–Kier alpha value is -0.910. The molecule has 0 spiro atoms. The highest BCUT2D eigenvalue weighted by atomic mass is 16.7. The standard InChI is InChI=1S/C10H17N3O2/c1-13-4-2-9(12-13)6-11-7-10-3-5-14-8-15-10/h2,4,10-11H,3,5-8H2,1H3. The molecule has 1 N–H and O–H groups in total. The van der Waals surface area contributed by atoms with Crippen molar-refractivity contribution in [1.82, 2.24) is 15.1 Å². The fourth-order valence-corrected chi connectivity index (χ4v) is 1.58. The molecule has 2 heterocycles. The van der Waals surface area contributed by atoms with Gasteiger partial charge in [-0.2, -0.15) is 5.10 Å². The molecule has 1 unspecified atom stereocenters. The lowest BCUT2D eigenvalue weighted by Gasteiger charge is -2.22. The van der Waals surface area contributed by atoms with Crippen molar-refractivity contribution in [1.29, 1.82) is 0 Å². The number of nitrogens with zero attached hydrogens (tertiary/aromatic N) is 2. The molecule has 1 aliphatic rings. The van der Waals surface area contributed by atoms with E-state index in [2.05, 4.69) is 10.4 Å². The SMILES string of the molecule is Cn1ccc(CNCC2CCOCO2)n1. The molecule has 1 saturated heterocycles. The van der Waals surface area contributed by atoms with E-state index in [0.717, 1.165) is 31.8 Å². The van der Waals surface area contributed by atoms with Crippen molar-refractivity contribution < 1.29 is 9.47 Å². The van der Waals surface area contributed by atoms with Crippen LogP contribution in [0.1, 0.15) is 12.1 Å². The van der Waals surface area contributed by atoms with Gasteiger partial charge in [0, 0.05) is 26.3 Å². The van der Waals surface area contributed by atoms with Crippen LogP contribution < -0.4 is 5.32 Å². The number of hydrogen-bond donors (Lipinski definition) is 1. The molecule has 5 heteroatoms. The van der Waals surface area contributed by atoms with E-state index in [-0.39, 0.29) is 6.10 Å². The molecule has 2 rings (SSSR count). The van der Waals surface area contributed by atoms with Crippen LogP contribution >= 0.6 is 0 Å². The van der Waals surface area contributed by atoms with Gasteiger partial charge in [0.05, 0.1) is 18.4 Å². The van der Waals surface area contributed by atoms with Gasteiger partial charge < -0.3 is 14.8 Å². The molecule has 1 atom stereocenters. The number of aromatic nitrogens is 2. The summed E-state index contributed by atoms with van der Waals surface area (Å²) in [6, 6.07) is 2.01. The van der Waals surface area contributed by atoms with E-state index in [1.807, 2.05) is 24.0 Å². The Morgan fingerprint density at radius 2 is 2.60 bits per heavy atom. The van der Waals surface area contributed by atoms with E-state index in [1.54, 1.807) is 0 Å². The van der Waals surface area contributed by atoms with Gasteiger partial charge in [0.25, 0.3) is 0 Å². The van der Waals surface area contributed by atoms with E-state index >= 15 is 0 Å². The maximum absolute atomic E-state index is 5.41. The maximum Gasteiger partial charge on any atom is 0.147 e. The van der Waals surface area contributed by atoms with Crippen LogP contribution in [0.15, 0.2) is 12.3 Å². The van der Waals surface area contributed by atoms with Crippen molar-refractivity contribution in [3.8, 4) is 0 Å². The van der Waals surface area contributed by atoms with Crippen molar-refractivity contribution >= 4 is 0 Å². The third kappa shape index (κ3) is 3.30. The Bertz CT molecular complexity index is 295. The van der Waals surface area contributed by atoms with Crippen LogP contribution in [0.3, 0.4) is 0 Å². The van der Waals surface area contributed by atoms with Crippen molar-refractivity contribution in [2.45, 2.75) is 19.1 Å². The van der Waals surface area contributed by atoms with Crippen LogP contribution in [0.5, 0.6) is 0 Å². The zero-order valence-electron chi connectivity index (χ0n) is 8.98. The van der Waals surface area contributed by atoms with Gasteiger partial charge in [-0.3, -0.25) is 4.68 Å². The van der Waals surface area contributed by atoms with E-state index in [4.69, 9.17) is 9.47 Å². The van der Waals surface area contributed by atoms with E-state index in [9.17, 15) is 0 Å². The van der Waals surface area contributed by atoms with E-state index in [0.29, 0.717) is 6.79 Å². The molecular weight excluding hydrogens is 194 g/mol. The number of hydrogen-bond acceptors (Lipinski definition) is 4. The van der Waals surface area contributed by atoms with Crippen LogP contribution in [0, 0.1) is 0 Å². The molecule has 1 aliphatic heterocycles. The zero-order valence-corrected chi connectivity index (χ0v) is 8.98. The number of ether oxygens (including phenoxy) is 2. The van der Waals surface area contributed by atoms with Gasteiger partial charge in [-0.15, -0.1) is 0 Å². The first-order valence-electron chi connectivity index (χ1n) is 5.23. The highest BCUT2D eigenvalue weighted by molar-refractivity contribution is 4.97. The maximum atomic E-state index is 5.41. The summed E-state index contributed by atoms with van der Waals surface area (Å²) in [4.78, 5) is 0. The largest absolute Gasteiger partial charge is 0.355 e. The monoisotopic (exact) mass is 211 g/mol. The zero-order chi connectivity index (χ0) is 10.5. The molecule has 15 heavy (non-hydrogen) atoms. The molecule has 0 amide bonds. The summed E-state index contributed by atoms with van der Waals surface area (Å²) in [6.07, 6.45) is 3.19. The van der Waals surface area contributed by atoms with Gasteiger partial charge in [0.2, 0.25) is 0 Å². The summed E-state index contributed by atoms with van der Waals surface area (Å²) in [6.45, 7) is 2.88. The first-order chi connectivity index (χ1) is 7.34. The summed E-state index contributed by atoms with van der Waals surface area (Å²) < 4.78 is 12.3. The number of aryl methyl sites for hydroxylation is 1. The minimum atomic E-state index is 0.280. The van der Waals surface area contributed by atoms with Crippen molar-refractivity contribution in [3.05, 3.63) is 18.0 Å². The lowest BCUT2D eigenvalue weighted by atomic mass is 10.2.